The molecule has 2 aromatic carbocycles. The van der Waals surface area contributed by atoms with Gasteiger partial charge in [0.2, 0.25) is 5.91 Å². The number of halogens is 1. The van der Waals surface area contributed by atoms with Crippen molar-refractivity contribution in [3.05, 3.63) is 88.2 Å². The number of carbonyl (C=O) groups is 1. The highest BCUT2D eigenvalue weighted by atomic mass is 35.5. The molecule has 1 amide bonds. The maximum atomic E-state index is 12.9. The van der Waals surface area contributed by atoms with Gasteiger partial charge in [0.15, 0.2) is 11.5 Å². The normalized spacial score (nSPS) is 19.4. The van der Waals surface area contributed by atoms with Crippen LogP contribution in [0.3, 0.4) is 0 Å². The number of aromatic nitrogens is 1. The molecule has 0 bridgehead atoms. The van der Waals surface area contributed by atoms with Crippen LogP contribution in [-0.4, -0.2) is 67.1 Å². The van der Waals surface area contributed by atoms with Crippen molar-refractivity contribution in [2.24, 2.45) is 5.92 Å². The number of methoxy groups -OCH3 is 2. The van der Waals surface area contributed by atoms with E-state index in [1.165, 1.54) is 16.7 Å². The molecular formula is C33H41ClN4O3. The van der Waals surface area contributed by atoms with E-state index in [0.29, 0.717) is 24.9 Å². The minimum absolute atomic E-state index is 0.121. The van der Waals surface area contributed by atoms with Crippen LogP contribution in [0.2, 0.25) is 5.02 Å². The minimum atomic E-state index is 0.121. The number of nitrogens with one attached hydrogen (secondary N) is 1. The summed E-state index contributed by atoms with van der Waals surface area (Å²) in [5.41, 5.74) is 4.91. The molecule has 0 unspecified atom stereocenters. The van der Waals surface area contributed by atoms with E-state index in [-0.39, 0.29) is 5.91 Å². The second-order valence-electron chi connectivity index (χ2n) is 11.1. The number of pyridine rings is 1. The first-order chi connectivity index (χ1) is 20.0. The fraction of sp³-hybridized carbons (Fsp3) is 0.455. The number of fused-ring (bicyclic) bond motifs is 1. The molecule has 1 N–H and O–H groups in total. The highest BCUT2D eigenvalue weighted by molar-refractivity contribution is 6.30. The Kier molecular flexibility index (Phi) is 10.1. The second kappa shape index (κ2) is 14.2. The Bertz CT molecular complexity index is 1290. The Morgan fingerprint density at radius 1 is 1.05 bits per heavy atom. The smallest absolute Gasteiger partial charge is 0.220 e. The van der Waals surface area contributed by atoms with E-state index in [1.54, 1.807) is 20.4 Å². The van der Waals surface area contributed by atoms with Gasteiger partial charge in [-0.2, -0.15) is 0 Å². The SMILES string of the molecule is COc1cc2c(cc1OC)CN([C@@H]1CCN(Cc3ccc(Cl)cc3)C[C@@H]1CCC(=O)NCCc1ccccn1)CC2. The molecule has 2 aliphatic rings. The van der Waals surface area contributed by atoms with E-state index in [9.17, 15) is 4.79 Å². The van der Waals surface area contributed by atoms with E-state index >= 15 is 0 Å². The monoisotopic (exact) mass is 576 g/mol. The van der Waals surface area contributed by atoms with Gasteiger partial charge in [-0.3, -0.25) is 19.6 Å². The summed E-state index contributed by atoms with van der Waals surface area (Å²) in [4.78, 5) is 22.4. The molecule has 2 atom stereocenters. The fourth-order valence-corrected chi connectivity index (χ4v) is 6.45. The van der Waals surface area contributed by atoms with Crippen LogP contribution in [0.1, 0.15) is 41.6 Å². The van der Waals surface area contributed by atoms with Gasteiger partial charge in [-0.15, -0.1) is 0 Å². The number of likely N-dealkylation sites (tertiary alicyclic amines) is 1. The number of hydrogen-bond acceptors (Lipinski definition) is 6. The van der Waals surface area contributed by atoms with Crippen LogP contribution in [-0.2, 0) is 30.7 Å². The van der Waals surface area contributed by atoms with Gasteiger partial charge in [0.05, 0.1) is 14.2 Å². The number of piperidine rings is 1. The van der Waals surface area contributed by atoms with Crippen LogP contribution in [0.4, 0.5) is 0 Å². The molecule has 0 aliphatic carbocycles. The number of ether oxygens (including phenoxy) is 2. The third kappa shape index (κ3) is 7.79. The molecule has 2 aliphatic heterocycles. The molecule has 3 aromatic rings. The summed E-state index contributed by atoms with van der Waals surface area (Å²) in [5, 5.41) is 3.88. The average Bonchev–Trinajstić information content (AvgIpc) is 3.00. The molecule has 218 valence electrons. The van der Waals surface area contributed by atoms with Gasteiger partial charge in [-0.05, 0) is 84.8 Å². The lowest BCUT2D eigenvalue weighted by Gasteiger charge is -2.45. The van der Waals surface area contributed by atoms with Crippen LogP contribution in [0, 0.1) is 5.92 Å². The van der Waals surface area contributed by atoms with Crippen molar-refractivity contribution in [1.82, 2.24) is 20.1 Å². The number of hydrogen-bond donors (Lipinski definition) is 1. The zero-order valence-electron chi connectivity index (χ0n) is 24.2. The van der Waals surface area contributed by atoms with E-state index in [1.807, 2.05) is 30.3 Å². The van der Waals surface area contributed by atoms with Crippen molar-refractivity contribution in [2.75, 3.05) is 40.4 Å². The molecule has 3 heterocycles. The lowest BCUT2D eigenvalue weighted by Crippen LogP contribution is -2.52. The topological polar surface area (TPSA) is 66.9 Å². The third-order valence-corrected chi connectivity index (χ3v) is 8.74. The molecule has 41 heavy (non-hydrogen) atoms. The average molecular weight is 577 g/mol. The standard InChI is InChI=1S/C33H41ClN4O3/c1-40-31-19-25-13-18-38(23-27(25)20-32(31)41-2)30-14-17-37(21-24-6-9-28(34)10-7-24)22-26(30)8-11-33(39)36-16-12-29-5-3-4-15-35-29/h3-7,9-10,15,19-20,26,30H,8,11-14,16-18,21-23H2,1-2H3,(H,36,39)/t26-,30+/m0/s1. The van der Waals surface area contributed by atoms with Gasteiger partial charge >= 0.3 is 0 Å². The lowest BCUT2D eigenvalue weighted by molar-refractivity contribution is -0.121. The van der Waals surface area contributed by atoms with Crippen molar-refractivity contribution < 1.29 is 14.3 Å². The van der Waals surface area contributed by atoms with Gasteiger partial charge in [-0.25, -0.2) is 0 Å². The zero-order chi connectivity index (χ0) is 28.6. The van der Waals surface area contributed by atoms with Crippen LogP contribution in [0.25, 0.3) is 0 Å². The molecule has 0 saturated carbocycles. The van der Waals surface area contributed by atoms with Gasteiger partial charge in [0.1, 0.15) is 0 Å². The van der Waals surface area contributed by atoms with Crippen LogP contribution in [0.5, 0.6) is 11.5 Å². The third-order valence-electron chi connectivity index (χ3n) is 8.49. The van der Waals surface area contributed by atoms with Gasteiger partial charge < -0.3 is 14.8 Å². The second-order valence-corrected chi connectivity index (χ2v) is 11.6. The van der Waals surface area contributed by atoms with E-state index in [4.69, 9.17) is 21.1 Å². The molecule has 1 fully saturated rings. The summed E-state index contributed by atoms with van der Waals surface area (Å²) in [6, 6.07) is 18.7. The van der Waals surface area contributed by atoms with E-state index < -0.39 is 0 Å². The Morgan fingerprint density at radius 2 is 1.83 bits per heavy atom. The summed E-state index contributed by atoms with van der Waals surface area (Å²) in [7, 11) is 3.38. The largest absolute Gasteiger partial charge is 0.493 e. The van der Waals surface area contributed by atoms with Crippen molar-refractivity contribution in [2.45, 2.75) is 51.2 Å². The first-order valence-electron chi connectivity index (χ1n) is 14.6. The fourth-order valence-electron chi connectivity index (χ4n) is 6.32. The Labute approximate surface area is 248 Å². The van der Waals surface area contributed by atoms with E-state index in [2.05, 4.69) is 44.4 Å². The summed E-state index contributed by atoms with van der Waals surface area (Å²) >= 11 is 6.12. The number of nitrogens with zero attached hydrogens (tertiary/aromatic N) is 3. The molecule has 1 saturated heterocycles. The highest BCUT2D eigenvalue weighted by Crippen LogP contribution is 2.36. The first-order valence-corrected chi connectivity index (χ1v) is 15.0. The van der Waals surface area contributed by atoms with Gasteiger partial charge in [-0.1, -0.05) is 29.8 Å². The zero-order valence-corrected chi connectivity index (χ0v) is 24.9. The first kappa shape index (κ1) is 29.4. The van der Waals surface area contributed by atoms with Gasteiger partial charge in [0, 0.05) is 68.5 Å². The van der Waals surface area contributed by atoms with Crippen molar-refractivity contribution in [1.29, 1.82) is 0 Å². The summed E-state index contributed by atoms with van der Waals surface area (Å²) in [6.45, 7) is 5.43. The predicted octanol–water partition coefficient (Wildman–Crippen LogP) is 5.14. The summed E-state index contributed by atoms with van der Waals surface area (Å²) in [5.74, 6) is 2.10. The van der Waals surface area contributed by atoms with Crippen molar-refractivity contribution in [3.63, 3.8) is 0 Å². The summed E-state index contributed by atoms with van der Waals surface area (Å²) in [6.07, 6.45) is 6.01. The van der Waals surface area contributed by atoms with E-state index in [0.717, 1.165) is 80.6 Å². The molecule has 0 spiro atoms. The number of amides is 1. The van der Waals surface area contributed by atoms with Gasteiger partial charge in [0.25, 0.3) is 0 Å². The molecule has 0 radical (unpaired) electrons. The quantitative estimate of drug-likeness (QED) is 0.341. The Morgan fingerprint density at radius 3 is 2.56 bits per heavy atom. The molecule has 7 nitrogen and oxygen atoms in total. The van der Waals surface area contributed by atoms with Crippen molar-refractivity contribution >= 4 is 17.5 Å². The minimum Gasteiger partial charge on any atom is -0.493 e. The Balaban J connectivity index is 1.24. The number of benzene rings is 2. The molecule has 5 rings (SSSR count). The summed E-state index contributed by atoms with van der Waals surface area (Å²) < 4.78 is 11.1. The molecule has 1 aromatic heterocycles. The number of carbonyl (C=O) groups excluding carboxylic acids is 1. The van der Waals surface area contributed by atoms with Crippen LogP contribution in [0.15, 0.2) is 60.8 Å². The Hall–Kier alpha value is -3.13. The van der Waals surface area contributed by atoms with Crippen molar-refractivity contribution in [3.8, 4) is 11.5 Å². The molecule has 8 heteroatoms. The van der Waals surface area contributed by atoms with Crippen LogP contribution < -0.4 is 14.8 Å². The maximum absolute atomic E-state index is 12.9. The maximum Gasteiger partial charge on any atom is 0.220 e. The van der Waals surface area contributed by atoms with Crippen LogP contribution >= 0.6 is 11.6 Å². The number of rotatable bonds is 11. The molecular weight excluding hydrogens is 536 g/mol. The lowest BCUT2D eigenvalue weighted by atomic mass is 9.85. The predicted molar refractivity (Wildman–Crippen MR) is 162 cm³/mol. The highest BCUT2D eigenvalue weighted by Gasteiger charge is 2.35.